The Balaban J connectivity index is 1.74. The summed E-state index contributed by atoms with van der Waals surface area (Å²) in [6.07, 6.45) is 1.49. The second-order valence-corrected chi connectivity index (χ2v) is 6.75. The number of anilines is 1. The normalized spacial score (nSPS) is 17.7. The molecule has 2 heterocycles. The van der Waals surface area contributed by atoms with E-state index in [4.69, 9.17) is 15.5 Å². The summed E-state index contributed by atoms with van der Waals surface area (Å²) in [6.45, 7) is 5.77. The van der Waals surface area contributed by atoms with E-state index in [9.17, 15) is 5.11 Å². The van der Waals surface area contributed by atoms with Crippen molar-refractivity contribution in [3.8, 4) is 16.9 Å². The first-order chi connectivity index (χ1) is 12.5. The zero-order valence-corrected chi connectivity index (χ0v) is 14.9. The van der Waals surface area contributed by atoms with Crippen LogP contribution in [0.25, 0.3) is 22.2 Å². The van der Waals surface area contributed by atoms with Crippen LogP contribution in [0.5, 0.6) is 5.75 Å². The number of phenols is 1. The minimum Gasteiger partial charge on any atom is -0.507 e. The summed E-state index contributed by atoms with van der Waals surface area (Å²) >= 11 is 0. The molecule has 1 aliphatic heterocycles. The van der Waals surface area contributed by atoms with E-state index in [0.717, 1.165) is 45.6 Å². The highest BCUT2D eigenvalue weighted by molar-refractivity contribution is 5.82. The largest absolute Gasteiger partial charge is 0.507 e. The number of fused-ring (bicyclic) bond motifs is 1. The van der Waals surface area contributed by atoms with Gasteiger partial charge in [-0.3, -0.25) is 4.98 Å². The fourth-order valence-electron chi connectivity index (χ4n) is 3.34. The van der Waals surface area contributed by atoms with Gasteiger partial charge in [0.05, 0.1) is 30.4 Å². The molecule has 3 N–H and O–H groups in total. The molecule has 2 aromatic carbocycles. The first-order valence-corrected chi connectivity index (χ1v) is 8.71. The Morgan fingerprint density at radius 1 is 1.12 bits per heavy atom. The Morgan fingerprint density at radius 2 is 1.88 bits per heavy atom. The van der Waals surface area contributed by atoms with Gasteiger partial charge in [0.15, 0.2) is 0 Å². The number of morpholine rings is 1. The lowest BCUT2D eigenvalue weighted by atomic mass is 9.99. The summed E-state index contributed by atoms with van der Waals surface area (Å²) in [4.78, 5) is 11.4. The van der Waals surface area contributed by atoms with Crippen molar-refractivity contribution >= 4 is 16.9 Å². The van der Waals surface area contributed by atoms with Crippen LogP contribution in [0.3, 0.4) is 0 Å². The predicted molar refractivity (Wildman–Crippen MR) is 102 cm³/mol. The molecule has 3 aromatic rings. The summed E-state index contributed by atoms with van der Waals surface area (Å²) in [5.41, 5.74) is 11.4. The maximum atomic E-state index is 10.0. The number of nitrogens with zero attached hydrogens (tertiary/aromatic N) is 3. The summed E-state index contributed by atoms with van der Waals surface area (Å²) < 4.78 is 5.39. The predicted octanol–water partition coefficient (Wildman–Crippen LogP) is 2.74. The molecule has 6 nitrogen and oxygen atoms in total. The van der Waals surface area contributed by atoms with Gasteiger partial charge in [-0.05, 0) is 60.4 Å². The molecular weight excluding hydrogens is 328 g/mol. The van der Waals surface area contributed by atoms with Crippen LogP contribution in [0.15, 0.2) is 36.5 Å². The number of aryl methyl sites for hydroxylation is 2. The minimum atomic E-state index is -0.296. The molecule has 1 aromatic heterocycles. The Hall–Kier alpha value is -2.70. The highest BCUT2D eigenvalue weighted by Crippen LogP contribution is 2.30. The van der Waals surface area contributed by atoms with Gasteiger partial charge < -0.3 is 20.5 Å². The molecule has 26 heavy (non-hydrogen) atoms. The number of aromatic nitrogens is 2. The van der Waals surface area contributed by atoms with Crippen LogP contribution in [0.1, 0.15) is 11.1 Å². The molecule has 0 radical (unpaired) electrons. The van der Waals surface area contributed by atoms with Gasteiger partial charge in [-0.2, -0.15) is 0 Å². The van der Waals surface area contributed by atoms with Gasteiger partial charge >= 0.3 is 0 Å². The molecule has 134 valence electrons. The van der Waals surface area contributed by atoms with Gasteiger partial charge in [0, 0.05) is 6.54 Å². The van der Waals surface area contributed by atoms with Crippen molar-refractivity contribution in [3.63, 3.8) is 0 Å². The summed E-state index contributed by atoms with van der Waals surface area (Å²) in [5.74, 6) is 1.16. The van der Waals surface area contributed by atoms with Crippen molar-refractivity contribution in [2.45, 2.75) is 20.1 Å². The minimum absolute atomic E-state index is 0.296. The van der Waals surface area contributed by atoms with Gasteiger partial charge in [0.2, 0.25) is 0 Å². The van der Waals surface area contributed by atoms with Crippen molar-refractivity contribution in [2.24, 2.45) is 5.73 Å². The zero-order valence-electron chi connectivity index (χ0n) is 14.9. The van der Waals surface area contributed by atoms with Crippen molar-refractivity contribution in [1.29, 1.82) is 0 Å². The summed E-state index contributed by atoms with van der Waals surface area (Å²) in [6, 6.07) is 10.0. The van der Waals surface area contributed by atoms with Gasteiger partial charge in [0.25, 0.3) is 0 Å². The van der Waals surface area contributed by atoms with E-state index in [-0.39, 0.29) is 6.23 Å². The number of aromatic hydroxyl groups is 1. The van der Waals surface area contributed by atoms with E-state index in [1.165, 1.54) is 0 Å². The summed E-state index contributed by atoms with van der Waals surface area (Å²) in [7, 11) is 0. The third kappa shape index (κ3) is 3.09. The number of ether oxygens (including phenoxy) is 1. The number of nitrogens with two attached hydrogens (primary N) is 1. The highest BCUT2D eigenvalue weighted by Gasteiger charge is 2.19. The molecule has 0 bridgehead atoms. The first-order valence-electron chi connectivity index (χ1n) is 8.71. The van der Waals surface area contributed by atoms with Crippen LogP contribution >= 0.6 is 0 Å². The fraction of sp³-hybridized carbons (Fsp3) is 0.300. The topological polar surface area (TPSA) is 84.5 Å². The molecule has 0 aliphatic carbocycles. The van der Waals surface area contributed by atoms with E-state index in [1.807, 2.05) is 44.2 Å². The van der Waals surface area contributed by atoms with Crippen molar-refractivity contribution in [2.75, 3.05) is 24.6 Å². The quantitative estimate of drug-likeness (QED) is 0.739. The van der Waals surface area contributed by atoms with E-state index in [2.05, 4.69) is 9.88 Å². The maximum Gasteiger partial charge on any atom is 0.148 e. The van der Waals surface area contributed by atoms with Crippen molar-refractivity contribution < 1.29 is 9.84 Å². The number of hydrogen-bond donors (Lipinski definition) is 2. The molecule has 0 amide bonds. The van der Waals surface area contributed by atoms with Crippen LogP contribution in [0.4, 0.5) is 5.82 Å². The van der Waals surface area contributed by atoms with Crippen LogP contribution in [-0.4, -0.2) is 41.0 Å². The van der Waals surface area contributed by atoms with Crippen LogP contribution in [0, 0.1) is 13.8 Å². The average Bonchev–Trinajstić information content (AvgIpc) is 2.65. The smallest absolute Gasteiger partial charge is 0.148 e. The molecule has 1 atom stereocenters. The number of benzene rings is 2. The molecule has 0 saturated carbocycles. The van der Waals surface area contributed by atoms with Gasteiger partial charge in [-0.15, -0.1) is 0 Å². The highest BCUT2D eigenvalue weighted by atomic mass is 16.5. The van der Waals surface area contributed by atoms with E-state index >= 15 is 0 Å². The second-order valence-electron chi connectivity index (χ2n) is 6.75. The standard InChI is InChI=1S/C20H22N4O2/c1-12-7-15(8-13(2)20(12)25)14-3-4-16-17(9-14)23-19(10-22-16)24-5-6-26-18(21)11-24/h3-4,7-10,18,25H,5-6,11,21H2,1-2H3. The first kappa shape index (κ1) is 16.8. The van der Waals surface area contributed by atoms with E-state index in [0.29, 0.717) is 18.9 Å². The number of rotatable bonds is 2. The molecule has 1 saturated heterocycles. The van der Waals surface area contributed by atoms with Crippen LogP contribution in [-0.2, 0) is 4.74 Å². The van der Waals surface area contributed by atoms with Gasteiger partial charge in [-0.1, -0.05) is 6.07 Å². The Kier molecular flexibility index (Phi) is 4.22. The molecule has 4 rings (SSSR count). The Labute approximate surface area is 152 Å². The molecular formula is C20H22N4O2. The van der Waals surface area contributed by atoms with E-state index in [1.54, 1.807) is 6.20 Å². The monoisotopic (exact) mass is 350 g/mol. The second kappa shape index (κ2) is 6.55. The summed E-state index contributed by atoms with van der Waals surface area (Å²) in [5, 5.41) is 10.0. The molecule has 1 aliphatic rings. The van der Waals surface area contributed by atoms with Crippen LogP contribution < -0.4 is 10.6 Å². The Bertz CT molecular complexity index is 950. The lowest BCUT2D eigenvalue weighted by Crippen LogP contribution is -2.47. The number of hydrogen-bond acceptors (Lipinski definition) is 6. The Morgan fingerprint density at radius 3 is 2.62 bits per heavy atom. The van der Waals surface area contributed by atoms with E-state index < -0.39 is 0 Å². The lowest BCUT2D eigenvalue weighted by molar-refractivity contribution is 0.0449. The van der Waals surface area contributed by atoms with Crippen molar-refractivity contribution in [3.05, 3.63) is 47.7 Å². The zero-order chi connectivity index (χ0) is 18.3. The number of phenolic OH excluding ortho intramolecular Hbond substituents is 1. The maximum absolute atomic E-state index is 10.0. The molecule has 0 spiro atoms. The lowest BCUT2D eigenvalue weighted by Gasteiger charge is -2.31. The third-order valence-electron chi connectivity index (χ3n) is 4.77. The molecule has 1 unspecified atom stereocenters. The SMILES string of the molecule is Cc1cc(-c2ccc3ncc(N4CCOC(N)C4)nc3c2)cc(C)c1O. The molecule has 6 heteroatoms. The average molecular weight is 350 g/mol. The van der Waals surface area contributed by atoms with Gasteiger partial charge in [0.1, 0.15) is 17.8 Å². The third-order valence-corrected chi connectivity index (χ3v) is 4.77. The van der Waals surface area contributed by atoms with Crippen LogP contribution in [0.2, 0.25) is 0 Å². The fourth-order valence-corrected chi connectivity index (χ4v) is 3.34. The van der Waals surface area contributed by atoms with Gasteiger partial charge in [-0.25, -0.2) is 4.98 Å². The molecule has 1 fully saturated rings. The van der Waals surface area contributed by atoms with Crippen molar-refractivity contribution in [1.82, 2.24) is 9.97 Å².